The van der Waals surface area contributed by atoms with Gasteiger partial charge in [-0.3, -0.25) is 0 Å². The van der Waals surface area contributed by atoms with Gasteiger partial charge in [-0.25, -0.2) is 4.79 Å². The molecule has 4 heteroatoms. The van der Waals surface area contributed by atoms with Crippen LogP contribution in [0.2, 0.25) is 0 Å². The Kier molecular flexibility index (Phi) is 5.63. The van der Waals surface area contributed by atoms with Crippen molar-refractivity contribution in [1.29, 1.82) is 0 Å². The van der Waals surface area contributed by atoms with Gasteiger partial charge >= 0.3 is 5.97 Å². The quantitative estimate of drug-likeness (QED) is 0.378. The SMILES string of the molecule is CCC(=CCSc1cccc(N)c1)C(=O)OC. The normalized spacial score (nSPS) is 11.3. The van der Waals surface area contributed by atoms with Gasteiger partial charge in [0.1, 0.15) is 0 Å². The number of hydrogen-bond donors (Lipinski definition) is 1. The van der Waals surface area contributed by atoms with Crippen molar-refractivity contribution in [2.45, 2.75) is 18.2 Å². The summed E-state index contributed by atoms with van der Waals surface area (Å²) < 4.78 is 4.69. The number of ether oxygens (including phenoxy) is 1. The number of hydrogen-bond acceptors (Lipinski definition) is 4. The summed E-state index contributed by atoms with van der Waals surface area (Å²) in [6.45, 7) is 1.94. The number of rotatable bonds is 5. The van der Waals surface area contributed by atoms with Crippen LogP contribution in [-0.4, -0.2) is 18.8 Å². The number of methoxy groups -OCH3 is 1. The molecule has 0 fully saturated rings. The molecule has 0 unspecified atom stereocenters. The second kappa shape index (κ2) is 7.01. The third kappa shape index (κ3) is 4.53. The first kappa shape index (κ1) is 13.6. The van der Waals surface area contributed by atoms with Crippen molar-refractivity contribution in [1.82, 2.24) is 0 Å². The molecule has 0 atom stereocenters. The maximum Gasteiger partial charge on any atom is 0.333 e. The lowest BCUT2D eigenvalue weighted by atomic mass is 10.2. The van der Waals surface area contributed by atoms with Crippen LogP contribution in [0, 0.1) is 0 Å². The topological polar surface area (TPSA) is 52.3 Å². The average Bonchev–Trinajstić information content (AvgIpc) is 2.34. The molecular weight excluding hydrogens is 234 g/mol. The molecule has 0 saturated carbocycles. The fourth-order valence-electron chi connectivity index (χ4n) is 1.35. The highest BCUT2D eigenvalue weighted by atomic mass is 32.2. The van der Waals surface area contributed by atoms with E-state index in [-0.39, 0.29) is 5.97 Å². The molecule has 17 heavy (non-hydrogen) atoms. The molecule has 0 saturated heterocycles. The van der Waals surface area contributed by atoms with Crippen LogP contribution in [0.4, 0.5) is 5.69 Å². The van der Waals surface area contributed by atoms with Gasteiger partial charge in [0.15, 0.2) is 0 Å². The van der Waals surface area contributed by atoms with Crippen LogP contribution >= 0.6 is 11.8 Å². The van der Waals surface area contributed by atoms with E-state index in [0.717, 1.165) is 16.3 Å². The summed E-state index contributed by atoms with van der Waals surface area (Å²) in [7, 11) is 1.40. The van der Waals surface area contributed by atoms with E-state index in [1.165, 1.54) is 7.11 Å². The highest BCUT2D eigenvalue weighted by Gasteiger charge is 2.05. The van der Waals surface area contributed by atoms with E-state index in [1.54, 1.807) is 11.8 Å². The third-order valence-electron chi connectivity index (χ3n) is 2.27. The van der Waals surface area contributed by atoms with Gasteiger partial charge in [0.25, 0.3) is 0 Å². The van der Waals surface area contributed by atoms with Crippen LogP contribution < -0.4 is 5.73 Å². The van der Waals surface area contributed by atoms with Crippen molar-refractivity contribution in [2.75, 3.05) is 18.6 Å². The van der Waals surface area contributed by atoms with Gasteiger partial charge in [0.05, 0.1) is 7.11 Å². The number of anilines is 1. The zero-order chi connectivity index (χ0) is 12.7. The molecule has 92 valence electrons. The third-order valence-corrected chi connectivity index (χ3v) is 3.19. The average molecular weight is 251 g/mol. The summed E-state index contributed by atoms with van der Waals surface area (Å²) in [6, 6.07) is 7.69. The van der Waals surface area contributed by atoms with Crippen LogP contribution in [0.25, 0.3) is 0 Å². The predicted octanol–water partition coefficient (Wildman–Crippen LogP) is 2.87. The first-order valence-corrected chi connectivity index (χ1v) is 6.41. The Balaban J connectivity index is 2.56. The van der Waals surface area contributed by atoms with E-state index in [9.17, 15) is 4.79 Å². The van der Waals surface area contributed by atoms with Gasteiger partial charge in [0.2, 0.25) is 0 Å². The van der Waals surface area contributed by atoms with Crippen molar-refractivity contribution in [3.8, 4) is 0 Å². The van der Waals surface area contributed by atoms with Gasteiger partial charge in [0, 0.05) is 21.9 Å². The van der Waals surface area contributed by atoms with Gasteiger partial charge in [-0.05, 0) is 24.6 Å². The molecule has 0 amide bonds. The second-order valence-electron chi connectivity index (χ2n) is 3.46. The van der Waals surface area contributed by atoms with E-state index < -0.39 is 0 Å². The Labute approximate surface area is 106 Å². The Hall–Kier alpha value is -1.42. The number of benzene rings is 1. The minimum absolute atomic E-state index is 0.249. The summed E-state index contributed by atoms with van der Waals surface area (Å²) in [6.07, 6.45) is 2.59. The Morgan fingerprint density at radius 3 is 2.88 bits per heavy atom. The summed E-state index contributed by atoms with van der Waals surface area (Å²) in [5, 5.41) is 0. The second-order valence-corrected chi connectivity index (χ2v) is 4.55. The zero-order valence-electron chi connectivity index (χ0n) is 10.1. The van der Waals surface area contributed by atoms with Crippen LogP contribution in [0.5, 0.6) is 0 Å². The molecule has 0 aromatic heterocycles. The number of esters is 1. The molecule has 3 nitrogen and oxygen atoms in total. The van der Waals surface area contributed by atoms with E-state index in [4.69, 9.17) is 5.73 Å². The number of carbonyl (C=O) groups excluding carboxylic acids is 1. The lowest BCUT2D eigenvalue weighted by molar-refractivity contribution is -0.136. The van der Waals surface area contributed by atoms with Gasteiger partial charge in [-0.15, -0.1) is 11.8 Å². The fraction of sp³-hybridized carbons (Fsp3) is 0.308. The van der Waals surface area contributed by atoms with Gasteiger partial charge < -0.3 is 10.5 Å². The molecule has 0 heterocycles. The summed E-state index contributed by atoms with van der Waals surface area (Å²) in [4.78, 5) is 12.4. The van der Waals surface area contributed by atoms with E-state index in [0.29, 0.717) is 12.0 Å². The maximum atomic E-state index is 11.3. The van der Waals surface area contributed by atoms with Crippen molar-refractivity contribution >= 4 is 23.4 Å². The Bertz CT molecular complexity index is 416. The molecular formula is C13H17NO2S. The first-order chi connectivity index (χ1) is 8.17. The highest BCUT2D eigenvalue weighted by molar-refractivity contribution is 7.99. The van der Waals surface area contributed by atoms with Crippen molar-refractivity contribution < 1.29 is 9.53 Å². The molecule has 0 radical (unpaired) electrons. The molecule has 0 bridgehead atoms. The molecule has 0 aliphatic carbocycles. The predicted molar refractivity (Wildman–Crippen MR) is 72.0 cm³/mol. The van der Waals surface area contributed by atoms with Gasteiger partial charge in [-0.1, -0.05) is 19.1 Å². The Morgan fingerprint density at radius 1 is 1.53 bits per heavy atom. The van der Waals surface area contributed by atoms with Crippen LogP contribution in [0.1, 0.15) is 13.3 Å². The standard InChI is InChI=1S/C13H17NO2S/c1-3-10(13(15)16-2)7-8-17-12-6-4-5-11(14)9-12/h4-7,9H,3,8,14H2,1-2H3. The van der Waals surface area contributed by atoms with Crippen molar-refractivity contribution in [2.24, 2.45) is 0 Å². The van der Waals surface area contributed by atoms with E-state index in [1.807, 2.05) is 37.3 Å². The number of nitrogen functional groups attached to an aromatic ring is 1. The van der Waals surface area contributed by atoms with E-state index >= 15 is 0 Å². The summed E-state index contributed by atoms with van der Waals surface area (Å²) >= 11 is 1.64. The smallest absolute Gasteiger partial charge is 0.333 e. The minimum Gasteiger partial charge on any atom is -0.466 e. The molecule has 1 rings (SSSR count). The van der Waals surface area contributed by atoms with Crippen LogP contribution in [0.3, 0.4) is 0 Å². The number of carbonyl (C=O) groups is 1. The first-order valence-electron chi connectivity index (χ1n) is 5.43. The lowest BCUT2D eigenvalue weighted by Gasteiger charge is -2.03. The Morgan fingerprint density at radius 2 is 2.29 bits per heavy atom. The number of nitrogens with two attached hydrogens (primary N) is 1. The molecule has 1 aromatic rings. The molecule has 0 aliphatic heterocycles. The largest absolute Gasteiger partial charge is 0.466 e. The fourth-order valence-corrected chi connectivity index (χ4v) is 2.22. The van der Waals surface area contributed by atoms with Crippen LogP contribution in [-0.2, 0) is 9.53 Å². The monoisotopic (exact) mass is 251 g/mol. The van der Waals surface area contributed by atoms with Gasteiger partial charge in [-0.2, -0.15) is 0 Å². The summed E-state index contributed by atoms with van der Waals surface area (Å²) in [5.74, 6) is 0.488. The molecule has 2 N–H and O–H groups in total. The molecule has 0 spiro atoms. The molecule has 1 aromatic carbocycles. The highest BCUT2D eigenvalue weighted by Crippen LogP contribution is 2.21. The minimum atomic E-state index is -0.249. The van der Waals surface area contributed by atoms with Crippen molar-refractivity contribution in [3.05, 3.63) is 35.9 Å². The maximum absolute atomic E-state index is 11.3. The molecule has 0 aliphatic rings. The lowest BCUT2D eigenvalue weighted by Crippen LogP contribution is -2.04. The van der Waals surface area contributed by atoms with Crippen molar-refractivity contribution in [3.63, 3.8) is 0 Å². The summed E-state index contributed by atoms with van der Waals surface area (Å²) in [5.41, 5.74) is 7.15. The number of thioether (sulfide) groups is 1. The van der Waals surface area contributed by atoms with Crippen LogP contribution in [0.15, 0.2) is 40.8 Å². The van der Waals surface area contributed by atoms with E-state index in [2.05, 4.69) is 4.74 Å². The zero-order valence-corrected chi connectivity index (χ0v) is 10.9.